The molecule has 9 nitrogen and oxygen atoms in total. The van der Waals surface area contributed by atoms with Crippen LogP contribution < -0.4 is 5.32 Å². The Labute approximate surface area is 94.8 Å². The van der Waals surface area contributed by atoms with Crippen LogP contribution in [0.15, 0.2) is 0 Å². The molecule has 94 valence electrons. The third-order valence-corrected chi connectivity index (χ3v) is 2.33. The van der Waals surface area contributed by atoms with E-state index < -0.39 is 36.3 Å². The molecule has 2 saturated heterocycles. The second kappa shape index (κ2) is 4.28. The van der Waals surface area contributed by atoms with E-state index in [1.807, 2.05) is 0 Å². The Kier molecular flexibility index (Phi) is 2.96. The Morgan fingerprint density at radius 2 is 1.82 bits per heavy atom. The zero-order chi connectivity index (χ0) is 12.6. The van der Waals surface area contributed by atoms with E-state index in [9.17, 15) is 24.6 Å². The molecule has 2 rings (SSSR count). The van der Waals surface area contributed by atoms with Gasteiger partial charge in [0.15, 0.2) is 12.2 Å². The maximum atomic E-state index is 11.6. The highest BCUT2D eigenvalue weighted by atomic mass is 16.7. The Balaban J connectivity index is 2.28. The lowest BCUT2D eigenvalue weighted by Gasteiger charge is -2.29. The van der Waals surface area contributed by atoms with Crippen LogP contribution >= 0.6 is 0 Å². The van der Waals surface area contributed by atoms with Crippen LogP contribution in [0.4, 0.5) is 0 Å². The highest BCUT2D eigenvalue weighted by molar-refractivity contribution is 5.90. The van der Waals surface area contributed by atoms with Crippen molar-refractivity contribution in [3.8, 4) is 0 Å². The Hall–Kier alpha value is -1.71. The van der Waals surface area contributed by atoms with Crippen LogP contribution in [0.5, 0.6) is 0 Å². The van der Waals surface area contributed by atoms with Gasteiger partial charge in [0, 0.05) is 6.54 Å². The summed E-state index contributed by atoms with van der Waals surface area (Å²) < 4.78 is 4.60. The van der Waals surface area contributed by atoms with Gasteiger partial charge in [-0.1, -0.05) is 0 Å². The van der Waals surface area contributed by atoms with Gasteiger partial charge >= 0.3 is 17.8 Å². The molecule has 3 atom stereocenters. The quantitative estimate of drug-likeness (QED) is 0.376. The van der Waals surface area contributed by atoms with E-state index in [1.165, 1.54) is 0 Å². The SMILES string of the molecule is O=C1OC2NCCN(OC(=O)C(O)C1O)C2=O. The topological polar surface area (TPSA) is 125 Å². The largest absolute Gasteiger partial charge is 0.435 e. The van der Waals surface area contributed by atoms with Crippen LogP contribution in [0, 0.1) is 0 Å². The van der Waals surface area contributed by atoms with Gasteiger partial charge in [-0.25, -0.2) is 9.59 Å². The number of hydroxylamine groups is 2. The van der Waals surface area contributed by atoms with E-state index in [-0.39, 0.29) is 13.1 Å². The summed E-state index contributed by atoms with van der Waals surface area (Å²) in [5.74, 6) is -3.34. The number of nitrogens with zero attached hydrogens (tertiary/aromatic N) is 1. The highest BCUT2D eigenvalue weighted by Crippen LogP contribution is 2.11. The minimum atomic E-state index is -2.09. The second-order valence-corrected chi connectivity index (χ2v) is 3.51. The fourth-order valence-corrected chi connectivity index (χ4v) is 1.41. The molecule has 0 aliphatic carbocycles. The summed E-state index contributed by atoms with van der Waals surface area (Å²) >= 11 is 0. The minimum absolute atomic E-state index is 0.0570. The average Bonchev–Trinajstić information content (AvgIpc) is 2.33. The van der Waals surface area contributed by atoms with E-state index in [0.29, 0.717) is 5.06 Å². The Morgan fingerprint density at radius 1 is 1.18 bits per heavy atom. The number of nitrogens with one attached hydrogen (secondary N) is 1. The molecule has 3 unspecified atom stereocenters. The van der Waals surface area contributed by atoms with Crippen LogP contribution in [-0.2, 0) is 24.0 Å². The minimum Gasteiger partial charge on any atom is -0.435 e. The first-order chi connectivity index (χ1) is 8.00. The normalized spacial score (nSPS) is 34.4. The van der Waals surface area contributed by atoms with E-state index in [1.54, 1.807) is 0 Å². The lowest BCUT2D eigenvalue weighted by molar-refractivity contribution is -0.213. The first-order valence-electron chi connectivity index (χ1n) is 4.84. The molecule has 2 aliphatic rings. The number of piperazine rings is 1. The molecule has 0 aromatic rings. The lowest BCUT2D eigenvalue weighted by atomic mass is 10.2. The number of rotatable bonds is 0. The number of hydrogen-bond donors (Lipinski definition) is 3. The number of fused-ring (bicyclic) bond motifs is 2. The average molecular weight is 246 g/mol. The third-order valence-electron chi connectivity index (χ3n) is 2.33. The number of carbonyl (C=O) groups excluding carboxylic acids is 3. The van der Waals surface area contributed by atoms with Crippen LogP contribution in [0.2, 0.25) is 0 Å². The van der Waals surface area contributed by atoms with Gasteiger partial charge < -0.3 is 19.8 Å². The summed E-state index contributed by atoms with van der Waals surface area (Å²) in [5.41, 5.74) is 0. The molecule has 2 heterocycles. The van der Waals surface area contributed by atoms with Crippen molar-refractivity contribution < 1.29 is 34.2 Å². The number of amides is 1. The predicted molar refractivity (Wildman–Crippen MR) is 47.7 cm³/mol. The van der Waals surface area contributed by atoms with Crippen LogP contribution in [0.1, 0.15) is 0 Å². The number of aliphatic hydroxyl groups is 2. The van der Waals surface area contributed by atoms with Crippen molar-refractivity contribution in [2.24, 2.45) is 0 Å². The number of aliphatic hydroxyl groups excluding tert-OH is 2. The standard InChI is InChI=1S/C8H10N2O7/c11-3-4(12)8(15)17-10-2-1-9-5(6(10)13)16-7(3)14/h3-5,9,11-12H,1-2H2. The van der Waals surface area contributed by atoms with Gasteiger partial charge in [0.1, 0.15) is 0 Å². The molecule has 0 aromatic heterocycles. The molecule has 9 heteroatoms. The lowest BCUT2D eigenvalue weighted by Crippen LogP contribution is -2.56. The Bertz CT molecular complexity index is 339. The summed E-state index contributed by atoms with van der Waals surface area (Å²) in [6.45, 7) is 0.296. The maximum absolute atomic E-state index is 11.6. The fraction of sp³-hybridized carbons (Fsp3) is 0.625. The molecular formula is C8H10N2O7. The van der Waals surface area contributed by atoms with E-state index in [4.69, 9.17) is 0 Å². The highest BCUT2D eigenvalue weighted by Gasteiger charge is 2.42. The molecule has 17 heavy (non-hydrogen) atoms. The van der Waals surface area contributed by atoms with Crippen molar-refractivity contribution in [1.29, 1.82) is 0 Å². The number of esters is 1. The van der Waals surface area contributed by atoms with Crippen LogP contribution in [-0.4, -0.2) is 64.6 Å². The van der Waals surface area contributed by atoms with Crippen molar-refractivity contribution in [3.63, 3.8) is 0 Å². The molecule has 1 amide bonds. The van der Waals surface area contributed by atoms with Crippen molar-refractivity contribution in [1.82, 2.24) is 10.4 Å². The smallest absolute Gasteiger partial charge is 0.364 e. The predicted octanol–water partition coefficient (Wildman–Crippen LogP) is -3.52. The number of ether oxygens (including phenoxy) is 1. The molecule has 2 aliphatic heterocycles. The molecule has 0 radical (unpaired) electrons. The molecule has 2 bridgehead atoms. The Morgan fingerprint density at radius 3 is 2.53 bits per heavy atom. The number of hydrogen-bond acceptors (Lipinski definition) is 8. The summed E-state index contributed by atoms with van der Waals surface area (Å²) in [4.78, 5) is 38.7. The van der Waals surface area contributed by atoms with Crippen molar-refractivity contribution >= 4 is 17.8 Å². The number of carbonyl (C=O) groups is 3. The van der Waals surface area contributed by atoms with Gasteiger partial charge in [0.2, 0.25) is 6.23 Å². The van der Waals surface area contributed by atoms with Gasteiger partial charge in [-0.05, 0) is 0 Å². The summed E-state index contributed by atoms with van der Waals surface area (Å²) in [6, 6.07) is 0. The van der Waals surface area contributed by atoms with Gasteiger partial charge in [0.25, 0.3) is 0 Å². The molecule has 3 N–H and O–H groups in total. The van der Waals surface area contributed by atoms with E-state index in [2.05, 4.69) is 14.9 Å². The third kappa shape index (κ3) is 2.07. The maximum Gasteiger partial charge on any atom is 0.364 e. The first-order valence-corrected chi connectivity index (χ1v) is 4.84. The summed E-state index contributed by atoms with van der Waals surface area (Å²) in [5, 5.41) is 21.8. The van der Waals surface area contributed by atoms with Gasteiger partial charge in [0.05, 0.1) is 6.54 Å². The zero-order valence-corrected chi connectivity index (χ0v) is 8.53. The van der Waals surface area contributed by atoms with Crippen molar-refractivity contribution in [2.75, 3.05) is 13.1 Å². The molecule has 0 spiro atoms. The van der Waals surface area contributed by atoms with E-state index >= 15 is 0 Å². The summed E-state index contributed by atoms with van der Waals surface area (Å²) in [7, 11) is 0. The summed E-state index contributed by atoms with van der Waals surface area (Å²) in [6.07, 6.45) is -5.50. The monoisotopic (exact) mass is 246 g/mol. The van der Waals surface area contributed by atoms with E-state index in [0.717, 1.165) is 0 Å². The van der Waals surface area contributed by atoms with Crippen molar-refractivity contribution in [2.45, 2.75) is 18.4 Å². The molecule has 0 aromatic carbocycles. The van der Waals surface area contributed by atoms with Crippen LogP contribution in [0.25, 0.3) is 0 Å². The molecule has 0 saturated carbocycles. The van der Waals surface area contributed by atoms with Crippen molar-refractivity contribution in [3.05, 3.63) is 0 Å². The van der Waals surface area contributed by atoms with Crippen LogP contribution in [0.3, 0.4) is 0 Å². The first kappa shape index (κ1) is 11.8. The molecular weight excluding hydrogens is 236 g/mol. The van der Waals surface area contributed by atoms with Gasteiger partial charge in [-0.15, -0.1) is 0 Å². The fourth-order valence-electron chi connectivity index (χ4n) is 1.41. The zero-order valence-electron chi connectivity index (χ0n) is 8.53. The second-order valence-electron chi connectivity index (χ2n) is 3.51. The van der Waals surface area contributed by atoms with Gasteiger partial charge in [-0.2, -0.15) is 5.06 Å². The molecule has 2 fully saturated rings. The van der Waals surface area contributed by atoms with Gasteiger partial charge in [-0.3, -0.25) is 10.1 Å².